The number of benzene rings is 3. The SMILES string of the molecule is CC(C)c1nnc2c(Cl)nc(Br)cn12.CC(C)c1nnc2c(NCCc3c[nH]c4ccccc34)nc(Br)cn12.Cc1cncc(-c2cn3c(C(C)C)nnc3c(NCCc3c[nH]c4ccccc34)n2)c1.Cc1cncc(B(O)O)c1.NCCc1c[nH]c2ccccc12. The van der Waals surface area contributed by atoms with Gasteiger partial charge in [0.25, 0.3) is 0 Å². The van der Waals surface area contributed by atoms with Gasteiger partial charge in [0, 0.05) is 137 Å². The molecule has 9 N–H and O–H groups in total. The number of pyridine rings is 2. The molecule has 11 aromatic heterocycles. The van der Waals surface area contributed by atoms with Crippen molar-refractivity contribution in [2.75, 3.05) is 30.3 Å². The second-order valence-corrected chi connectivity index (χ2v) is 24.8. The molecule has 0 fully saturated rings. The predicted octanol–water partition coefficient (Wildman–Crippen LogP) is 12.3. The first-order chi connectivity index (χ1) is 44.4. The molecule has 0 aliphatic carbocycles. The van der Waals surface area contributed by atoms with Crippen molar-refractivity contribution in [1.82, 2.24) is 83.7 Å². The van der Waals surface area contributed by atoms with Gasteiger partial charge in [-0.3, -0.25) is 23.2 Å². The van der Waals surface area contributed by atoms with Gasteiger partial charge in [0.15, 0.2) is 22.4 Å². The molecule has 0 atom stereocenters. The van der Waals surface area contributed by atoms with Crippen molar-refractivity contribution in [2.24, 2.45) is 5.73 Å². The molecule has 0 unspecified atom stereocenters. The molecule has 14 rings (SSSR count). The van der Waals surface area contributed by atoms with Crippen molar-refractivity contribution in [3.8, 4) is 11.3 Å². The second-order valence-electron chi connectivity index (χ2n) is 22.9. The third kappa shape index (κ3) is 15.8. The van der Waals surface area contributed by atoms with Crippen molar-refractivity contribution in [3.63, 3.8) is 0 Å². The van der Waals surface area contributed by atoms with E-state index in [0.29, 0.717) is 39.2 Å². The van der Waals surface area contributed by atoms with Crippen LogP contribution in [-0.4, -0.2) is 120 Å². The zero-order valence-corrected chi connectivity index (χ0v) is 56.2. The van der Waals surface area contributed by atoms with Crippen LogP contribution in [-0.2, 0) is 19.3 Å². The normalized spacial score (nSPS) is 11.3. The third-order valence-electron chi connectivity index (χ3n) is 14.9. The van der Waals surface area contributed by atoms with Crippen LogP contribution in [0.3, 0.4) is 0 Å². The number of hydrogen-bond donors (Lipinski definition) is 8. The maximum absolute atomic E-state index is 8.66. The lowest BCUT2D eigenvalue weighted by Gasteiger charge is -2.11. The Labute approximate surface area is 553 Å². The molecule has 0 amide bonds. The van der Waals surface area contributed by atoms with Gasteiger partial charge >= 0.3 is 7.12 Å². The molecule has 0 aliphatic rings. The highest BCUT2D eigenvalue weighted by molar-refractivity contribution is 9.10. The van der Waals surface area contributed by atoms with Crippen LogP contribution in [0.1, 0.15) is 105 Å². The highest BCUT2D eigenvalue weighted by Crippen LogP contribution is 2.28. The summed E-state index contributed by atoms with van der Waals surface area (Å²) in [5.74, 6) is 5.05. The number of para-hydroxylation sites is 3. The monoisotopic (exact) mass is 1380 g/mol. The van der Waals surface area contributed by atoms with Crippen molar-refractivity contribution in [3.05, 3.63) is 207 Å². The standard InChI is InChI=1S/C24H25N7.C18H19BrN6.C10H12N2.C8H8BrClN4.C6H8BNO2/c1-15(2)23-29-30-24-22(26-9-8-17-13-27-20-7-5-4-6-19(17)20)28-21(14-31(23)24)18-10-16(3)11-25-12-18;1-11(2)17-23-24-18-16(22-15(19)10-25(17)18)20-8-7-12-9-21-14-6-4-3-5-13(12)14;11-6-5-8-7-12-10-4-2-1-3-9(8)10;1-4(2)7-12-13-8-6(10)11-5(9)3-14(7)8;1-5-2-6(7(9)10)4-8-3-5/h4-7,10-15,27H,8-9H2,1-3H3,(H,26,28);3-6,9-11,21H,7-8H2,1-2H3,(H,20,22);1-4,7,12H,5-6,11H2;3-4H,1-2H3;2-4,9-10H,1H3. The molecule has 0 aliphatic heterocycles. The Kier molecular flexibility index (Phi) is 21.8. The number of nitrogens with zero attached hydrogens (tertiary/aromatic N) is 14. The summed E-state index contributed by atoms with van der Waals surface area (Å²) in [6.45, 7) is 18.7. The lowest BCUT2D eigenvalue weighted by atomic mass is 9.81. The van der Waals surface area contributed by atoms with Crippen LogP contribution in [0.4, 0.5) is 11.6 Å². The zero-order valence-electron chi connectivity index (χ0n) is 52.3. The van der Waals surface area contributed by atoms with Crippen LogP contribution in [0, 0.1) is 13.8 Å². The number of aromatic amines is 3. The lowest BCUT2D eigenvalue weighted by molar-refractivity contribution is 0.425. The summed E-state index contributed by atoms with van der Waals surface area (Å²) in [4.78, 5) is 31.4. The highest BCUT2D eigenvalue weighted by atomic mass is 79.9. The smallest absolute Gasteiger partial charge is 0.423 e. The van der Waals surface area contributed by atoms with E-state index in [0.717, 1.165) is 105 Å². The molecule has 22 nitrogen and oxygen atoms in total. The number of nitrogens with one attached hydrogen (secondary N) is 5. The molecule has 26 heteroatoms. The molecular weight excluding hydrogens is 1310 g/mol. The Hall–Kier alpha value is -8.98. The van der Waals surface area contributed by atoms with Crippen molar-refractivity contribution < 1.29 is 10.0 Å². The summed E-state index contributed by atoms with van der Waals surface area (Å²) in [5, 5.41) is 53.9. The topological polar surface area (TPSA) is 293 Å². The average molecular weight is 1380 g/mol. The maximum Gasteiger partial charge on any atom is 0.490 e. The number of aryl methyl sites for hydroxylation is 2. The average Bonchev–Trinajstić information content (AvgIpc) is 2.49. The molecule has 92 heavy (non-hydrogen) atoms. The summed E-state index contributed by atoms with van der Waals surface area (Å²) < 4.78 is 7.33. The fraction of sp³-hybridized carbons (Fsp3) is 0.258. The number of aromatic nitrogens is 17. The third-order valence-corrected chi connectivity index (χ3v) is 15.9. The van der Waals surface area contributed by atoms with E-state index >= 15 is 0 Å². The first kappa shape index (κ1) is 66.0. The summed E-state index contributed by atoms with van der Waals surface area (Å²) in [6, 6.07) is 28.8. The van der Waals surface area contributed by atoms with E-state index in [4.69, 9.17) is 32.4 Å². The van der Waals surface area contributed by atoms with Gasteiger partial charge in [0.2, 0.25) is 11.3 Å². The summed E-state index contributed by atoms with van der Waals surface area (Å²) in [6.07, 6.45) is 21.4. The van der Waals surface area contributed by atoms with E-state index < -0.39 is 7.12 Å². The van der Waals surface area contributed by atoms with E-state index in [9.17, 15) is 0 Å². The summed E-state index contributed by atoms with van der Waals surface area (Å²) in [5.41, 5.74) is 19.3. The van der Waals surface area contributed by atoms with E-state index in [1.807, 2.05) is 82.4 Å². The number of H-pyrrole nitrogens is 3. The van der Waals surface area contributed by atoms with Crippen LogP contribution in [0.15, 0.2) is 156 Å². The molecular formula is C66H72BBr2ClN20O2. The van der Waals surface area contributed by atoms with E-state index in [1.165, 1.54) is 50.1 Å². The number of anilines is 2. The van der Waals surface area contributed by atoms with Gasteiger partial charge < -0.3 is 41.4 Å². The fourth-order valence-electron chi connectivity index (χ4n) is 10.4. The number of halogens is 3. The molecule has 0 radical (unpaired) electrons. The van der Waals surface area contributed by atoms with Gasteiger partial charge in [-0.1, -0.05) is 114 Å². The minimum atomic E-state index is -1.41. The van der Waals surface area contributed by atoms with Crippen LogP contribution >= 0.6 is 43.5 Å². The number of hydrogen-bond acceptors (Lipinski definition) is 16. The molecule has 0 bridgehead atoms. The van der Waals surface area contributed by atoms with E-state index in [1.54, 1.807) is 12.3 Å². The zero-order chi connectivity index (χ0) is 65.0. The van der Waals surface area contributed by atoms with Gasteiger partial charge in [-0.25, -0.2) is 15.0 Å². The van der Waals surface area contributed by atoms with E-state index in [2.05, 4.69) is 223 Å². The van der Waals surface area contributed by atoms with Crippen LogP contribution < -0.4 is 21.8 Å². The Morgan fingerprint density at radius 1 is 0.533 bits per heavy atom. The van der Waals surface area contributed by atoms with Gasteiger partial charge in [-0.15, -0.1) is 30.6 Å². The van der Waals surface area contributed by atoms with Crippen molar-refractivity contribution >= 4 is 117 Å². The first-order valence-corrected chi connectivity index (χ1v) is 32.2. The number of rotatable bonds is 15. The fourth-order valence-corrected chi connectivity index (χ4v) is 11.5. The molecule has 0 spiro atoms. The molecule has 11 heterocycles. The number of nitrogens with two attached hydrogens (primary N) is 1. The number of fused-ring (bicyclic) bond motifs is 6. The van der Waals surface area contributed by atoms with Crippen LogP contribution in [0.5, 0.6) is 0 Å². The van der Waals surface area contributed by atoms with Gasteiger partial charge in [0.1, 0.15) is 26.7 Å². The lowest BCUT2D eigenvalue weighted by Crippen LogP contribution is -2.30. The van der Waals surface area contributed by atoms with E-state index in [-0.39, 0.29) is 5.92 Å². The molecule has 14 aromatic rings. The highest BCUT2D eigenvalue weighted by Gasteiger charge is 2.19. The Morgan fingerprint density at radius 3 is 1.41 bits per heavy atom. The summed E-state index contributed by atoms with van der Waals surface area (Å²) in [7, 11) is -1.41. The van der Waals surface area contributed by atoms with Crippen LogP contribution in [0.2, 0.25) is 5.15 Å². The largest absolute Gasteiger partial charge is 0.490 e. The second kappa shape index (κ2) is 30.4. The predicted molar refractivity (Wildman–Crippen MR) is 374 cm³/mol. The molecule has 472 valence electrons. The molecule has 0 saturated carbocycles. The molecule has 0 saturated heterocycles. The maximum atomic E-state index is 8.66. The van der Waals surface area contributed by atoms with Gasteiger partial charge in [0.05, 0.1) is 5.69 Å². The molecule has 3 aromatic carbocycles. The minimum absolute atomic E-state index is 0.250. The van der Waals surface area contributed by atoms with Gasteiger partial charge in [-0.2, -0.15) is 0 Å². The Morgan fingerprint density at radius 2 is 0.957 bits per heavy atom. The first-order valence-electron chi connectivity index (χ1n) is 30.2. The Balaban J connectivity index is 0.000000135. The quantitative estimate of drug-likeness (QED) is 0.0443. The summed E-state index contributed by atoms with van der Waals surface area (Å²) >= 11 is 12.7. The Bertz CT molecular complexity index is 4760. The van der Waals surface area contributed by atoms with Crippen molar-refractivity contribution in [2.45, 2.75) is 92.4 Å². The van der Waals surface area contributed by atoms with Crippen LogP contribution in [0.25, 0.3) is 60.9 Å². The minimum Gasteiger partial charge on any atom is -0.423 e. The van der Waals surface area contributed by atoms with Gasteiger partial charge in [-0.05, 0) is 124 Å². The van der Waals surface area contributed by atoms with Crippen molar-refractivity contribution in [1.29, 1.82) is 0 Å².